The Bertz CT molecular complexity index is 339. The highest BCUT2D eigenvalue weighted by molar-refractivity contribution is 7.91. The molecule has 0 radical (unpaired) electrons. The van der Waals surface area contributed by atoms with Gasteiger partial charge in [-0.25, -0.2) is 8.42 Å². The van der Waals surface area contributed by atoms with Crippen molar-refractivity contribution in [1.82, 2.24) is 10.2 Å². The van der Waals surface area contributed by atoms with Crippen molar-refractivity contribution in [2.24, 2.45) is 0 Å². The summed E-state index contributed by atoms with van der Waals surface area (Å²) in [4.78, 5) is 2.36. The zero-order valence-electron chi connectivity index (χ0n) is 12.1. The van der Waals surface area contributed by atoms with Crippen molar-refractivity contribution in [2.75, 3.05) is 25.9 Å². The van der Waals surface area contributed by atoms with Gasteiger partial charge in [0, 0.05) is 24.9 Å². The molecule has 0 aromatic carbocycles. The summed E-state index contributed by atoms with van der Waals surface area (Å²) < 4.78 is 23.4. The van der Waals surface area contributed by atoms with E-state index in [2.05, 4.69) is 31.0 Å². The molecule has 5 heteroatoms. The molecule has 0 heterocycles. The minimum absolute atomic E-state index is 0.144. The molecular formula is C13H28N2O2S. The first-order chi connectivity index (χ1) is 8.38. The van der Waals surface area contributed by atoms with Crippen LogP contribution in [0.3, 0.4) is 0 Å². The van der Waals surface area contributed by atoms with Crippen molar-refractivity contribution in [3.8, 4) is 0 Å². The number of hydrogen-bond acceptors (Lipinski definition) is 4. The van der Waals surface area contributed by atoms with Crippen molar-refractivity contribution in [3.05, 3.63) is 0 Å². The Morgan fingerprint density at radius 2 is 1.89 bits per heavy atom. The Labute approximate surface area is 112 Å². The number of hydrogen-bond donors (Lipinski definition) is 1. The van der Waals surface area contributed by atoms with Gasteiger partial charge in [-0.1, -0.05) is 20.3 Å². The molecule has 1 saturated carbocycles. The van der Waals surface area contributed by atoms with Gasteiger partial charge in [-0.3, -0.25) is 0 Å². The normalized spacial score (nSPS) is 26.7. The minimum atomic E-state index is -2.91. The predicted octanol–water partition coefficient (Wildman–Crippen LogP) is 1.27. The Morgan fingerprint density at radius 1 is 1.28 bits per heavy atom. The smallest absolute Gasteiger partial charge is 0.151 e. The van der Waals surface area contributed by atoms with Gasteiger partial charge in [-0.05, 0) is 32.9 Å². The number of rotatable bonds is 7. The van der Waals surface area contributed by atoms with E-state index in [1.165, 1.54) is 6.26 Å². The van der Waals surface area contributed by atoms with Crippen LogP contribution in [0.2, 0.25) is 0 Å². The van der Waals surface area contributed by atoms with Crippen molar-refractivity contribution >= 4 is 9.84 Å². The lowest BCUT2D eigenvalue weighted by Gasteiger charge is -2.28. The van der Waals surface area contributed by atoms with Gasteiger partial charge < -0.3 is 10.2 Å². The molecule has 0 amide bonds. The molecule has 108 valence electrons. The highest BCUT2D eigenvalue weighted by Gasteiger charge is 2.35. The standard InChI is InChI=1S/C13H28N2O2S/c1-5-15(6-2)10-11(3)14-12-8-7-9-13(12)18(4,16)17/h11-14H,5-10H2,1-4H3. The summed E-state index contributed by atoms with van der Waals surface area (Å²) in [7, 11) is -2.91. The van der Waals surface area contributed by atoms with Crippen LogP contribution < -0.4 is 5.32 Å². The average Bonchev–Trinajstić information content (AvgIpc) is 2.73. The third-order valence-corrected chi connectivity index (χ3v) is 5.59. The molecule has 3 unspecified atom stereocenters. The molecule has 0 aromatic rings. The van der Waals surface area contributed by atoms with Gasteiger partial charge >= 0.3 is 0 Å². The van der Waals surface area contributed by atoms with E-state index >= 15 is 0 Å². The Morgan fingerprint density at radius 3 is 2.39 bits per heavy atom. The summed E-state index contributed by atoms with van der Waals surface area (Å²) in [6.07, 6.45) is 4.19. The van der Waals surface area contributed by atoms with Crippen LogP contribution in [-0.4, -0.2) is 56.5 Å². The van der Waals surface area contributed by atoms with E-state index in [9.17, 15) is 8.42 Å². The fourth-order valence-electron chi connectivity index (χ4n) is 2.92. The summed E-state index contributed by atoms with van der Waals surface area (Å²) in [5.41, 5.74) is 0. The van der Waals surface area contributed by atoms with Gasteiger partial charge in [-0.15, -0.1) is 0 Å². The van der Waals surface area contributed by atoms with Gasteiger partial charge in [0.05, 0.1) is 5.25 Å². The van der Waals surface area contributed by atoms with Gasteiger partial charge in [-0.2, -0.15) is 0 Å². The zero-order chi connectivity index (χ0) is 13.8. The number of likely N-dealkylation sites (N-methyl/N-ethyl adjacent to an activating group) is 1. The van der Waals surface area contributed by atoms with Gasteiger partial charge in [0.1, 0.15) is 0 Å². The number of sulfone groups is 1. The average molecular weight is 276 g/mol. The summed E-state index contributed by atoms with van der Waals surface area (Å²) in [5.74, 6) is 0. The third-order valence-electron chi connectivity index (χ3n) is 3.93. The molecule has 0 aromatic heterocycles. The van der Waals surface area contributed by atoms with Gasteiger partial charge in [0.15, 0.2) is 9.84 Å². The van der Waals surface area contributed by atoms with Crippen LogP contribution in [0.25, 0.3) is 0 Å². The van der Waals surface area contributed by atoms with Crippen LogP contribution >= 0.6 is 0 Å². The topological polar surface area (TPSA) is 49.4 Å². The lowest BCUT2D eigenvalue weighted by molar-refractivity contribution is 0.261. The molecule has 18 heavy (non-hydrogen) atoms. The first-order valence-electron chi connectivity index (χ1n) is 7.05. The number of nitrogens with one attached hydrogen (secondary N) is 1. The maximum absolute atomic E-state index is 11.7. The Hall–Kier alpha value is -0.130. The predicted molar refractivity (Wildman–Crippen MR) is 76.7 cm³/mol. The van der Waals surface area contributed by atoms with E-state index in [-0.39, 0.29) is 11.3 Å². The van der Waals surface area contributed by atoms with Crippen LogP contribution in [0.5, 0.6) is 0 Å². The van der Waals surface area contributed by atoms with Crippen molar-refractivity contribution in [2.45, 2.75) is 57.4 Å². The van der Waals surface area contributed by atoms with E-state index in [4.69, 9.17) is 0 Å². The first kappa shape index (κ1) is 15.9. The monoisotopic (exact) mass is 276 g/mol. The van der Waals surface area contributed by atoms with Crippen LogP contribution in [0.15, 0.2) is 0 Å². The third kappa shape index (κ3) is 4.52. The second-order valence-electron chi connectivity index (χ2n) is 5.46. The molecule has 0 saturated heterocycles. The second kappa shape index (κ2) is 6.87. The van der Waals surface area contributed by atoms with Crippen molar-refractivity contribution < 1.29 is 8.42 Å². The van der Waals surface area contributed by atoms with Crippen LogP contribution in [-0.2, 0) is 9.84 Å². The van der Waals surface area contributed by atoms with Crippen LogP contribution in [0.1, 0.15) is 40.0 Å². The maximum atomic E-state index is 11.7. The SMILES string of the molecule is CCN(CC)CC(C)NC1CCCC1S(C)(=O)=O. The molecule has 0 aliphatic heterocycles. The zero-order valence-corrected chi connectivity index (χ0v) is 13.0. The molecule has 1 fully saturated rings. The molecule has 1 N–H and O–H groups in total. The second-order valence-corrected chi connectivity index (χ2v) is 7.72. The summed E-state index contributed by atoms with van der Waals surface area (Å²) >= 11 is 0. The fourth-order valence-corrected chi connectivity index (χ4v) is 4.32. The first-order valence-corrected chi connectivity index (χ1v) is 9.01. The lowest BCUT2D eigenvalue weighted by Crippen LogP contribution is -2.48. The number of nitrogens with zero attached hydrogens (tertiary/aromatic N) is 1. The maximum Gasteiger partial charge on any atom is 0.151 e. The minimum Gasteiger partial charge on any atom is -0.309 e. The van der Waals surface area contributed by atoms with Crippen LogP contribution in [0, 0.1) is 0 Å². The molecular weight excluding hydrogens is 248 g/mol. The largest absolute Gasteiger partial charge is 0.309 e. The summed E-state index contributed by atoms with van der Waals surface area (Å²) in [6, 6.07) is 0.489. The van der Waals surface area contributed by atoms with Crippen molar-refractivity contribution in [3.63, 3.8) is 0 Å². The van der Waals surface area contributed by atoms with Gasteiger partial charge in [0.2, 0.25) is 0 Å². The Kier molecular flexibility index (Phi) is 6.08. The van der Waals surface area contributed by atoms with Crippen LogP contribution in [0.4, 0.5) is 0 Å². The van der Waals surface area contributed by atoms with E-state index in [0.29, 0.717) is 6.04 Å². The molecule has 1 aliphatic rings. The summed E-state index contributed by atoms with van der Waals surface area (Å²) in [6.45, 7) is 9.54. The molecule has 1 aliphatic carbocycles. The molecule has 0 bridgehead atoms. The molecule has 1 rings (SSSR count). The van der Waals surface area contributed by atoms with E-state index < -0.39 is 9.84 Å². The molecule has 3 atom stereocenters. The summed E-state index contributed by atoms with van der Waals surface area (Å²) in [5, 5.41) is 3.33. The quantitative estimate of drug-likeness (QED) is 0.761. The van der Waals surface area contributed by atoms with Gasteiger partial charge in [0.25, 0.3) is 0 Å². The fraction of sp³-hybridized carbons (Fsp3) is 1.00. The molecule has 0 spiro atoms. The van der Waals surface area contributed by atoms with Crippen molar-refractivity contribution in [1.29, 1.82) is 0 Å². The molecule has 4 nitrogen and oxygen atoms in total. The van der Waals surface area contributed by atoms with E-state index in [0.717, 1.165) is 38.9 Å². The lowest BCUT2D eigenvalue weighted by atomic mass is 10.2. The van der Waals surface area contributed by atoms with E-state index in [1.807, 2.05) is 0 Å². The van der Waals surface area contributed by atoms with E-state index in [1.54, 1.807) is 0 Å². The highest BCUT2D eigenvalue weighted by atomic mass is 32.2. The highest BCUT2D eigenvalue weighted by Crippen LogP contribution is 2.25. The Balaban J connectivity index is 2.51.